The van der Waals surface area contributed by atoms with Crippen LogP contribution in [0.4, 0.5) is 0 Å². The third-order valence-electron chi connectivity index (χ3n) is 5.53. The Bertz CT molecular complexity index is 1230. The van der Waals surface area contributed by atoms with Gasteiger partial charge in [-0.15, -0.1) is 0 Å². The molecule has 29 heavy (non-hydrogen) atoms. The second-order valence-corrected chi connectivity index (χ2v) is 7.28. The summed E-state index contributed by atoms with van der Waals surface area (Å²) in [5.41, 5.74) is 5.62. The molecule has 0 aliphatic heterocycles. The van der Waals surface area contributed by atoms with Crippen molar-refractivity contribution in [3.8, 4) is 11.4 Å². The molecule has 1 heterocycles. The molecule has 3 aromatic carbocycles. The molecule has 0 bridgehead atoms. The quantitative estimate of drug-likeness (QED) is 0.410. The SMILES string of the molecule is CCOC(=O)c1c(C)n(-c2ccc(C)cc2)c2c1c(C)c(OC)c1ccccc12. The molecule has 0 fully saturated rings. The van der Waals surface area contributed by atoms with Gasteiger partial charge in [0.25, 0.3) is 0 Å². The van der Waals surface area contributed by atoms with Crippen LogP contribution in [0.2, 0.25) is 0 Å². The van der Waals surface area contributed by atoms with Crippen LogP contribution < -0.4 is 4.74 Å². The van der Waals surface area contributed by atoms with E-state index in [9.17, 15) is 4.79 Å². The van der Waals surface area contributed by atoms with Gasteiger partial charge < -0.3 is 14.0 Å². The Morgan fingerprint density at radius 1 is 0.966 bits per heavy atom. The minimum Gasteiger partial charge on any atom is -0.496 e. The van der Waals surface area contributed by atoms with Gasteiger partial charge in [-0.25, -0.2) is 4.79 Å². The van der Waals surface area contributed by atoms with Crippen molar-refractivity contribution in [2.75, 3.05) is 13.7 Å². The Hall–Kier alpha value is -3.27. The minimum absolute atomic E-state index is 0.304. The van der Waals surface area contributed by atoms with Crippen molar-refractivity contribution in [3.63, 3.8) is 0 Å². The van der Waals surface area contributed by atoms with E-state index >= 15 is 0 Å². The Morgan fingerprint density at radius 3 is 2.24 bits per heavy atom. The van der Waals surface area contributed by atoms with Gasteiger partial charge in [-0.05, 0) is 39.8 Å². The number of hydrogen-bond donors (Lipinski definition) is 0. The molecule has 0 saturated carbocycles. The normalized spacial score (nSPS) is 11.2. The Balaban J connectivity index is 2.25. The Kier molecular flexibility index (Phi) is 4.79. The first-order chi connectivity index (χ1) is 14.0. The lowest BCUT2D eigenvalue weighted by Crippen LogP contribution is -2.07. The highest BCUT2D eigenvalue weighted by Gasteiger charge is 2.27. The standard InChI is InChI=1S/C25H25NO3/c1-6-29-25(27)22-17(4)26(18-13-11-15(2)12-14-18)23-19-9-7-8-10-20(19)24(28-5)16(3)21(22)23/h7-14H,6H2,1-5H3. The van der Waals surface area contributed by atoms with E-state index < -0.39 is 0 Å². The summed E-state index contributed by atoms with van der Waals surface area (Å²) in [6.45, 7) is 8.22. The van der Waals surface area contributed by atoms with Crippen LogP contribution in [0.15, 0.2) is 48.5 Å². The van der Waals surface area contributed by atoms with Gasteiger partial charge in [0, 0.05) is 33.1 Å². The van der Waals surface area contributed by atoms with Gasteiger partial charge in [0.05, 0.1) is 24.8 Å². The van der Waals surface area contributed by atoms with E-state index in [1.807, 2.05) is 32.9 Å². The number of carbonyl (C=O) groups excluding carboxylic acids is 1. The van der Waals surface area contributed by atoms with E-state index in [1.165, 1.54) is 5.56 Å². The summed E-state index contributed by atoms with van der Waals surface area (Å²) in [5, 5.41) is 2.96. The lowest BCUT2D eigenvalue weighted by Gasteiger charge is -2.14. The van der Waals surface area contributed by atoms with Crippen LogP contribution in [0.1, 0.15) is 34.1 Å². The van der Waals surface area contributed by atoms with E-state index in [4.69, 9.17) is 9.47 Å². The van der Waals surface area contributed by atoms with Gasteiger partial charge in [0.2, 0.25) is 0 Å². The summed E-state index contributed by atoms with van der Waals surface area (Å²) in [7, 11) is 1.68. The maximum Gasteiger partial charge on any atom is 0.340 e. The maximum absolute atomic E-state index is 13.0. The van der Waals surface area contributed by atoms with Gasteiger partial charge in [-0.3, -0.25) is 0 Å². The van der Waals surface area contributed by atoms with Crippen LogP contribution in [0.25, 0.3) is 27.4 Å². The number of aryl methyl sites for hydroxylation is 2. The number of nitrogens with zero attached hydrogens (tertiary/aromatic N) is 1. The van der Waals surface area contributed by atoms with Crippen molar-refractivity contribution in [2.24, 2.45) is 0 Å². The fraction of sp³-hybridized carbons (Fsp3) is 0.240. The summed E-state index contributed by atoms with van der Waals surface area (Å²) < 4.78 is 13.4. The van der Waals surface area contributed by atoms with Crippen molar-refractivity contribution in [2.45, 2.75) is 27.7 Å². The largest absolute Gasteiger partial charge is 0.496 e. The molecule has 0 aliphatic carbocycles. The predicted octanol–water partition coefficient (Wildman–Crippen LogP) is 5.89. The fourth-order valence-corrected chi connectivity index (χ4v) is 4.25. The van der Waals surface area contributed by atoms with Crippen molar-refractivity contribution in [1.29, 1.82) is 0 Å². The predicted molar refractivity (Wildman–Crippen MR) is 118 cm³/mol. The van der Waals surface area contributed by atoms with E-state index in [-0.39, 0.29) is 5.97 Å². The van der Waals surface area contributed by atoms with Crippen molar-refractivity contribution in [3.05, 3.63) is 70.9 Å². The molecule has 1 aromatic heterocycles. The molecule has 4 heteroatoms. The van der Waals surface area contributed by atoms with Crippen LogP contribution in [-0.2, 0) is 4.74 Å². The molecule has 0 saturated heterocycles. The minimum atomic E-state index is -0.304. The van der Waals surface area contributed by atoms with Crippen molar-refractivity contribution < 1.29 is 14.3 Å². The van der Waals surface area contributed by atoms with Crippen molar-refractivity contribution >= 4 is 27.6 Å². The average Bonchev–Trinajstić information content (AvgIpc) is 3.03. The van der Waals surface area contributed by atoms with E-state index in [0.29, 0.717) is 12.2 Å². The molecule has 148 valence electrons. The van der Waals surface area contributed by atoms with Crippen LogP contribution in [0, 0.1) is 20.8 Å². The Labute approximate surface area is 170 Å². The molecule has 4 aromatic rings. The fourth-order valence-electron chi connectivity index (χ4n) is 4.25. The number of aromatic nitrogens is 1. The molecule has 0 unspecified atom stereocenters. The first-order valence-electron chi connectivity index (χ1n) is 9.84. The number of ether oxygens (including phenoxy) is 2. The third kappa shape index (κ3) is 2.87. The molecule has 4 rings (SSSR count). The first-order valence-corrected chi connectivity index (χ1v) is 9.84. The highest BCUT2D eigenvalue weighted by Crippen LogP contribution is 2.42. The molecule has 0 amide bonds. The second-order valence-electron chi connectivity index (χ2n) is 7.28. The van der Waals surface area contributed by atoms with Gasteiger partial charge >= 0.3 is 5.97 Å². The lowest BCUT2D eigenvalue weighted by atomic mass is 9.98. The van der Waals surface area contributed by atoms with Crippen LogP contribution in [0.5, 0.6) is 5.75 Å². The molecule has 0 N–H and O–H groups in total. The number of benzene rings is 3. The number of fused-ring (bicyclic) bond motifs is 3. The van der Waals surface area contributed by atoms with Gasteiger partial charge in [-0.2, -0.15) is 0 Å². The topological polar surface area (TPSA) is 40.5 Å². The van der Waals surface area contributed by atoms with Crippen molar-refractivity contribution in [1.82, 2.24) is 4.57 Å². The third-order valence-corrected chi connectivity index (χ3v) is 5.53. The van der Waals surface area contributed by atoms with E-state index in [0.717, 1.165) is 44.4 Å². The molecule has 0 aliphatic rings. The summed E-state index contributed by atoms with van der Waals surface area (Å²) in [6, 6.07) is 16.5. The highest BCUT2D eigenvalue weighted by molar-refractivity contribution is 6.18. The molecular formula is C25H25NO3. The zero-order chi connectivity index (χ0) is 20.7. The van der Waals surface area contributed by atoms with E-state index in [1.54, 1.807) is 7.11 Å². The molecule has 0 atom stereocenters. The number of rotatable bonds is 4. The summed E-state index contributed by atoms with van der Waals surface area (Å²) in [4.78, 5) is 13.0. The van der Waals surface area contributed by atoms with Gasteiger partial charge in [0.1, 0.15) is 5.75 Å². The van der Waals surface area contributed by atoms with Gasteiger partial charge in [0.15, 0.2) is 0 Å². The maximum atomic E-state index is 13.0. The van der Waals surface area contributed by atoms with Crippen LogP contribution in [-0.4, -0.2) is 24.3 Å². The molecular weight excluding hydrogens is 362 g/mol. The smallest absolute Gasteiger partial charge is 0.340 e. The number of esters is 1. The molecule has 4 nitrogen and oxygen atoms in total. The first kappa shape index (κ1) is 19.1. The monoisotopic (exact) mass is 387 g/mol. The Morgan fingerprint density at radius 2 is 1.62 bits per heavy atom. The zero-order valence-electron chi connectivity index (χ0n) is 17.5. The number of carbonyl (C=O) groups is 1. The molecule has 0 radical (unpaired) electrons. The van der Waals surface area contributed by atoms with Crippen LogP contribution in [0.3, 0.4) is 0 Å². The summed E-state index contributed by atoms with van der Waals surface area (Å²) in [5.74, 6) is 0.487. The second kappa shape index (κ2) is 7.28. The average molecular weight is 387 g/mol. The van der Waals surface area contributed by atoms with Crippen LogP contribution >= 0.6 is 0 Å². The molecule has 0 spiro atoms. The highest BCUT2D eigenvalue weighted by atomic mass is 16.5. The number of methoxy groups -OCH3 is 1. The number of hydrogen-bond acceptors (Lipinski definition) is 3. The summed E-state index contributed by atoms with van der Waals surface area (Å²) in [6.07, 6.45) is 0. The lowest BCUT2D eigenvalue weighted by molar-refractivity contribution is 0.0527. The van der Waals surface area contributed by atoms with Gasteiger partial charge in [-0.1, -0.05) is 42.0 Å². The zero-order valence-corrected chi connectivity index (χ0v) is 17.5. The van der Waals surface area contributed by atoms with E-state index in [2.05, 4.69) is 47.9 Å². The summed E-state index contributed by atoms with van der Waals surface area (Å²) >= 11 is 0.